The molecule has 0 aromatic heterocycles. The lowest BCUT2D eigenvalue weighted by Crippen LogP contribution is -2.62. The summed E-state index contributed by atoms with van der Waals surface area (Å²) in [4.78, 5) is 59.6. The maximum atomic E-state index is 12.8. The lowest BCUT2D eigenvalue weighted by Gasteiger charge is -2.44. The van der Waals surface area contributed by atoms with Gasteiger partial charge in [0.2, 0.25) is 0 Å². The number of ether oxygens (including phenoxy) is 5. The molecule has 2 rings (SSSR count). The fourth-order valence-corrected chi connectivity index (χ4v) is 3.62. The van der Waals surface area contributed by atoms with E-state index in [4.69, 9.17) is 23.7 Å². The van der Waals surface area contributed by atoms with Crippen LogP contribution >= 0.6 is 0 Å². The monoisotopic (exact) mass is 490 g/mol. The fraction of sp³-hybridized carbons (Fsp3) is 0.480. The first-order valence-corrected chi connectivity index (χ1v) is 11.0. The van der Waals surface area contributed by atoms with Crippen molar-refractivity contribution >= 4 is 35.7 Å². The van der Waals surface area contributed by atoms with Crippen LogP contribution in [0.25, 0.3) is 6.08 Å². The van der Waals surface area contributed by atoms with Crippen LogP contribution in [-0.4, -0.2) is 66.8 Å². The molecule has 1 aliphatic rings. The molecule has 0 unspecified atom stereocenters. The van der Waals surface area contributed by atoms with Gasteiger partial charge in [-0.15, -0.1) is 0 Å². The van der Waals surface area contributed by atoms with Crippen molar-refractivity contribution in [2.75, 3.05) is 6.61 Å². The van der Waals surface area contributed by atoms with Gasteiger partial charge in [-0.2, -0.15) is 0 Å². The molecule has 35 heavy (non-hydrogen) atoms. The van der Waals surface area contributed by atoms with Crippen LogP contribution in [0.1, 0.15) is 45.2 Å². The predicted octanol–water partition coefficient (Wildman–Crippen LogP) is 2.09. The average Bonchev–Trinajstić information content (AvgIpc) is 2.75. The van der Waals surface area contributed by atoms with Crippen LogP contribution < -0.4 is 0 Å². The van der Waals surface area contributed by atoms with Gasteiger partial charge < -0.3 is 23.7 Å². The third-order valence-electron chi connectivity index (χ3n) is 5.03. The second-order valence-corrected chi connectivity index (χ2v) is 8.15. The highest BCUT2D eigenvalue weighted by atomic mass is 16.7. The van der Waals surface area contributed by atoms with E-state index < -0.39 is 54.4 Å². The SMILES string of the molecule is CC(=O)OC[C@H]1O[C@@H](CC(=O)/C=C/c2ccc(C)cc2)[C@H](OC(C)=O)[C@@H](OC(C)=O)[C@@H]1OC(C)=O. The minimum atomic E-state index is -1.30. The zero-order valence-corrected chi connectivity index (χ0v) is 20.3. The van der Waals surface area contributed by atoms with E-state index >= 15 is 0 Å². The van der Waals surface area contributed by atoms with Crippen molar-refractivity contribution in [1.82, 2.24) is 0 Å². The van der Waals surface area contributed by atoms with Crippen LogP contribution in [0.3, 0.4) is 0 Å². The smallest absolute Gasteiger partial charge is 0.303 e. The normalized spacial score (nSPS) is 23.9. The predicted molar refractivity (Wildman–Crippen MR) is 122 cm³/mol. The number of hydrogen-bond acceptors (Lipinski definition) is 10. The topological polar surface area (TPSA) is 132 Å². The van der Waals surface area contributed by atoms with Gasteiger partial charge in [0.1, 0.15) is 18.8 Å². The summed E-state index contributed by atoms with van der Waals surface area (Å²) in [5, 5.41) is 0. The Hall–Kier alpha value is -3.53. The maximum absolute atomic E-state index is 12.8. The van der Waals surface area contributed by atoms with Crippen LogP contribution in [0.5, 0.6) is 0 Å². The third kappa shape index (κ3) is 8.97. The van der Waals surface area contributed by atoms with Gasteiger partial charge in [-0.25, -0.2) is 0 Å². The van der Waals surface area contributed by atoms with Crippen LogP contribution in [0, 0.1) is 6.92 Å². The molecule has 5 atom stereocenters. The highest BCUT2D eigenvalue weighted by molar-refractivity contribution is 5.94. The van der Waals surface area contributed by atoms with Gasteiger partial charge in [-0.1, -0.05) is 35.9 Å². The molecular formula is C25H30O10. The van der Waals surface area contributed by atoms with E-state index in [1.807, 2.05) is 31.2 Å². The molecule has 1 aromatic rings. The Labute approximate surface area is 203 Å². The number of rotatable bonds is 9. The molecule has 1 aromatic carbocycles. The number of hydrogen-bond donors (Lipinski definition) is 0. The molecule has 190 valence electrons. The van der Waals surface area contributed by atoms with Gasteiger partial charge in [0.05, 0.1) is 0 Å². The Morgan fingerprint density at radius 2 is 1.29 bits per heavy atom. The van der Waals surface area contributed by atoms with Crippen molar-refractivity contribution < 1.29 is 47.7 Å². The molecule has 0 spiro atoms. The molecule has 0 N–H and O–H groups in total. The van der Waals surface area contributed by atoms with E-state index in [0.29, 0.717) is 0 Å². The quantitative estimate of drug-likeness (QED) is 0.288. The third-order valence-corrected chi connectivity index (χ3v) is 5.03. The summed E-state index contributed by atoms with van der Waals surface area (Å²) in [6.07, 6.45) is -3.23. The second kappa shape index (κ2) is 12.8. The molecule has 0 amide bonds. The number of allylic oxidation sites excluding steroid dienone is 1. The van der Waals surface area contributed by atoms with E-state index in [2.05, 4.69) is 0 Å². The van der Waals surface area contributed by atoms with Gasteiger partial charge in [-0.05, 0) is 18.6 Å². The molecular weight excluding hydrogens is 460 g/mol. The molecule has 1 aliphatic heterocycles. The zero-order valence-electron chi connectivity index (χ0n) is 20.3. The van der Waals surface area contributed by atoms with E-state index in [1.165, 1.54) is 13.0 Å². The largest absolute Gasteiger partial charge is 0.463 e. The van der Waals surface area contributed by atoms with E-state index in [-0.39, 0.29) is 18.8 Å². The summed E-state index contributed by atoms with van der Waals surface area (Å²) >= 11 is 0. The van der Waals surface area contributed by atoms with E-state index in [0.717, 1.165) is 31.9 Å². The fourth-order valence-electron chi connectivity index (χ4n) is 3.62. The zero-order chi connectivity index (χ0) is 26.1. The van der Waals surface area contributed by atoms with Crippen molar-refractivity contribution in [3.8, 4) is 0 Å². The molecule has 10 nitrogen and oxygen atoms in total. The van der Waals surface area contributed by atoms with Crippen molar-refractivity contribution in [1.29, 1.82) is 0 Å². The van der Waals surface area contributed by atoms with E-state index in [1.54, 1.807) is 6.08 Å². The number of benzene rings is 1. The molecule has 1 fully saturated rings. The molecule has 1 saturated heterocycles. The van der Waals surface area contributed by atoms with Crippen molar-refractivity contribution in [2.45, 2.75) is 71.6 Å². The van der Waals surface area contributed by atoms with Gasteiger partial charge in [0, 0.05) is 34.1 Å². The Balaban J connectivity index is 2.35. The van der Waals surface area contributed by atoms with Gasteiger partial charge in [0.25, 0.3) is 0 Å². The van der Waals surface area contributed by atoms with Crippen LogP contribution in [0.4, 0.5) is 0 Å². The van der Waals surface area contributed by atoms with Crippen molar-refractivity contribution in [2.24, 2.45) is 0 Å². The summed E-state index contributed by atoms with van der Waals surface area (Å²) in [5.74, 6) is -3.15. The number of carbonyl (C=O) groups excluding carboxylic acids is 5. The molecule has 0 radical (unpaired) electrons. The first kappa shape index (κ1) is 27.7. The van der Waals surface area contributed by atoms with E-state index in [9.17, 15) is 24.0 Å². The van der Waals surface area contributed by atoms with Gasteiger partial charge in [0.15, 0.2) is 24.1 Å². The first-order valence-electron chi connectivity index (χ1n) is 11.0. The summed E-state index contributed by atoms with van der Waals surface area (Å²) in [6.45, 7) is 6.21. The van der Waals surface area contributed by atoms with Gasteiger partial charge in [-0.3, -0.25) is 24.0 Å². The summed E-state index contributed by atoms with van der Waals surface area (Å²) < 4.78 is 27.0. The second-order valence-electron chi connectivity index (χ2n) is 8.15. The summed E-state index contributed by atoms with van der Waals surface area (Å²) in [5.41, 5.74) is 1.89. The molecule has 1 heterocycles. The lowest BCUT2D eigenvalue weighted by molar-refractivity contribution is -0.252. The minimum Gasteiger partial charge on any atom is -0.463 e. The van der Waals surface area contributed by atoms with Gasteiger partial charge >= 0.3 is 23.9 Å². The number of aryl methyl sites for hydroxylation is 1. The molecule has 10 heteroatoms. The average molecular weight is 491 g/mol. The Morgan fingerprint density at radius 1 is 0.771 bits per heavy atom. The molecule has 0 saturated carbocycles. The number of carbonyl (C=O) groups is 5. The summed E-state index contributed by atoms with van der Waals surface area (Å²) in [7, 11) is 0. The highest BCUT2D eigenvalue weighted by Crippen LogP contribution is 2.31. The summed E-state index contributed by atoms with van der Waals surface area (Å²) in [6, 6.07) is 7.52. The number of esters is 4. The lowest BCUT2D eigenvalue weighted by atomic mass is 9.91. The standard InChI is InChI=1S/C25H30O10/c1-14-6-8-19(9-7-14)10-11-20(30)12-21-23(32-16(3)27)25(34-18(5)29)24(33-17(4)28)22(35-21)13-31-15(2)26/h6-11,21-25H,12-13H2,1-5H3/b11-10+/t21-,22+,23-,24+,25+/m0/s1. The molecule has 0 aliphatic carbocycles. The Morgan fingerprint density at radius 3 is 1.80 bits per heavy atom. The van der Waals surface area contributed by atoms with Crippen LogP contribution in [0.2, 0.25) is 0 Å². The van der Waals surface area contributed by atoms with Crippen LogP contribution in [0.15, 0.2) is 30.3 Å². The Kier molecular flexibility index (Phi) is 10.1. The molecule has 0 bridgehead atoms. The van der Waals surface area contributed by atoms with Crippen molar-refractivity contribution in [3.05, 3.63) is 41.5 Å². The minimum absolute atomic E-state index is 0.249. The van der Waals surface area contributed by atoms with Crippen LogP contribution in [-0.2, 0) is 47.7 Å². The van der Waals surface area contributed by atoms with Crippen molar-refractivity contribution in [3.63, 3.8) is 0 Å². The highest BCUT2D eigenvalue weighted by Gasteiger charge is 2.52. The Bertz CT molecular complexity index is 965. The first-order chi connectivity index (χ1) is 16.5. The number of ketones is 1. The maximum Gasteiger partial charge on any atom is 0.303 e.